The van der Waals surface area contributed by atoms with Crippen LogP contribution in [0.4, 0.5) is 5.69 Å². The molecule has 142 valence electrons. The second kappa shape index (κ2) is 6.61. The van der Waals surface area contributed by atoms with Crippen LogP contribution in [0.25, 0.3) is 0 Å². The van der Waals surface area contributed by atoms with Gasteiger partial charge in [-0.1, -0.05) is 13.0 Å². The fraction of sp³-hybridized carbons (Fsp3) is 0.714. The standard InChI is InChI=1S/C21H31N3O2/c1-12-5-9-16(24-25)19-18(12)21(3)15(13(2)23-11-14-6-7-14)8-10-17(22-4)20(21)26-19/h5,9,13-15,17,20,22-23H,6-8,10-11H2,1-4H3. The van der Waals surface area contributed by atoms with Gasteiger partial charge >= 0.3 is 0 Å². The summed E-state index contributed by atoms with van der Waals surface area (Å²) in [4.78, 5) is 11.4. The van der Waals surface area contributed by atoms with Gasteiger partial charge in [0.1, 0.15) is 11.8 Å². The number of nitrogens with one attached hydrogen (secondary N) is 2. The molecule has 1 aromatic carbocycles. The van der Waals surface area contributed by atoms with Crippen molar-refractivity contribution in [1.29, 1.82) is 0 Å². The summed E-state index contributed by atoms with van der Waals surface area (Å²) in [6.07, 6.45) is 5.01. The Morgan fingerprint density at radius 2 is 2.08 bits per heavy atom. The van der Waals surface area contributed by atoms with Crippen molar-refractivity contribution in [2.24, 2.45) is 17.0 Å². The maximum Gasteiger partial charge on any atom is 0.153 e. The Hall–Kier alpha value is -1.46. The number of benzene rings is 1. The zero-order chi connectivity index (χ0) is 18.5. The van der Waals surface area contributed by atoms with Crippen LogP contribution < -0.4 is 15.4 Å². The Kier molecular flexibility index (Phi) is 4.56. The zero-order valence-corrected chi connectivity index (χ0v) is 16.3. The Balaban J connectivity index is 1.74. The number of rotatable bonds is 6. The third-order valence-corrected chi connectivity index (χ3v) is 7.14. The van der Waals surface area contributed by atoms with Crippen LogP contribution in [-0.4, -0.2) is 31.8 Å². The van der Waals surface area contributed by atoms with E-state index in [1.807, 2.05) is 13.1 Å². The lowest BCUT2D eigenvalue weighted by Crippen LogP contribution is -2.60. The van der Waals surface area contributed by atoms with Crippen molar-refractivity contribution in [3.63, 3.8) is 0 Å². The fourth-order valence-corrected chi connectivity index (χ4v) is 5.51. The smallest absolute Gasteiger partial charge is 0.153 e. The minimum Gasteiger partial charge on any atom is -0.485 e. The first kappa shape index (κ1) is 17.9. The lowest BCUT2D eigenvalue weighted by atomic mass is 9.59. The summed E-state index contributed by atoms with van der Waals surface area (Å²) in [6.45, 7) is 7.92. The highest BCUT2D eigenvalue weighted by molar-refractivity contribution is 5.64. The molecule has 5 heteroatoms. The van der Waals surface area contributed by atoms with E-state index < -0.39 is 0 Å². The minimum absolute atomic E-state index is 0.0352. The molecule has 1 heterocycles. The van der Waals surface area contributed by atoms with Crippen LogP contribution in [0.15, 0.2) is 17.3 Å². The highest BCUT2D eigenvalue weighted by Crippen LogP contribution is 2.57. The van der Waals surface area contributed by atoms with Crippen molar-refractivity contribution in [2.45, 2.75) is 70.1 Å². The molecule has 2 aliphatic carbocycles. The molecule has 0 aromatic heterocycles. The predicted octanol–water partition coefficient (Wildman–Crippen LogP) is 3.80. The number of fused-ring (bicyclic) bond motifs is 3. The van der Waals surface area contributed by atoms with Gasteiger partial charge in [0, 0.05) is 23.1 Å². The summed E-state index contributed by atoms with van der Waals surface area (Å²) in [7, 11) is 2.01. The predicted molar refractivity (Wildman–Crippen MR) is 104 cm³/mol. The Bertz CT molecular complexity index is 703. The van der Waals surface area contributed by atoms with Gasteiger partial charge in [-0.3, -0.25) is 0 Å². The minimum atomic E-state index is -0.123. The number of nitroso groups, excluding NO2 is 1. The molecule has 2 saturated carbocycles. The Morgan fingerprint density at radius 3 is 2.73 bits per heavy atom. The van der Waals surface area contributed by atoms with Crippen molar-refractivity contribution < 1.29 is 4.74 Å². The van der Waals surface area contributed by atoms with Gasteiger partial charge in [-0.15, -0.1) is 4.91 Å². The molecule has 5 nitrogen and oxygen atoms in total. The van der Waals surface area contributed by atoms with Crippen LogP contribution in [0.3, 0.4) is 0 Å². The zero-order valence-electron chi connectivity index (χ0n) is 16.3. The molecule has 0 radical (unpaired) electrons. The number of ether oxygens (including phenoxy) is 1. The molecule has 5 unspecified atom stereocenters. The number of likely N-dealkylation sites (N-methyl/N-ethyl adjacent to an activating group) is 1. The molecule has 1 aromatic rings. The van der Waals surface area contributed by atoms with Gasteiger partial charge in [0.15, 0.2) is 5.75 Å². The lowest BCUT2D eigenvalue weighted by molar-refractivity contribution is 0.0235. The van der Waals surface area contributed by atoms with Gasteiger partial charge in [-0.2, -0.15) is 0 Å². The van der Waals surface area contributed by atoms with Gasteiger partial charge in [-0.25, -0.2) is 0 Å². The molecule has 2 N–H and O–H groups in total. The Morgan fingerprint density at radius 1 is 1.31 bits per heavy atom. The van der Waals surface area contributed by atoms with Crippen LogP contribution in [0, 0.1) is 23.7 Å². The first-order valence-corrected chi connectivity index (χ1v) is 10.1. The highest BCUT2D eigenvalue weighted by Gasteiger charge is 2.58. The monoisotopic (exact) mass is 357 g/mol. The van der Waals surface area contributed by atoms with E-state index in [0.29, 0.717) is 23.4 Å². The van der Waals surface area contributed by atoms with Crippen LogP contribution >= 0.6 is 0 Å². The summed E-state index contributed by atoms with van der Waals surface area (Å²) in [5.74, 6) is 2.06. The van der Waals surface area contributed by atoms with E-state index in [1.54, 1.807) is 6.07 Å². The first-order chi connectivity index (χ1) is 12.5. The molecule has 4 rings (SSSR count). The molecule has 26 heavy (non-hydrogen) atoms. The van der Waals surface area contributed by atoms with E-state index in [0.717, 1.165) is 25.3 Å². The maximum absolute atomic E-state index is 11.4. The molecule has 0 saturated heterocycles. The summed E-state index contributed by atoms with van der Waals surface area (Å²) in [6, 6.07) is 4.52. The third kappa shape index (κ3) is 2.67. The molecule has 0 bridgehead atoms. The van der Waals surface area contributed by atoms with Gasteiger partial charge in [0.2, 0.25) is 0 Å². The van der Waals surface area contributed by atoms with E-state index in [2.05, 4.69) is 36.6 Å². The second-order valence-electron chi connectivity index (χ2n) is 8.74. The van der Waals surface area contributed by atoms with Crippen molar-refractivity contribution in [1.82, 2.24) is 10.6 Å². The van der Waals surface area contributed by atoms with E-state index in [4.69, 9.17) is 4.74 Å². The van der Waals surface area contributed by atoms with Crippen molar-refractivity contribution >= 4 is 5.69 Å². The normalized spacial score (nSPS) is 33.9. The van der Waals surface area contributed by atoms with Crippen LogP contribution in [0.5, 0.6) is 5.75 Å². The number of aryl methyl sites for hydroxylation is 1. The van der Waals surface area contributed by atoms with Crippen molar-refractivity contribution in [2.75, 3.05) is 13.6 Å². The highest BCUT2D eigenvalue weighted by atomic mass is 16.5. The van der Waals surface area contributed by atoms with Gasteiger partial charge in [-0.05, 0) is 81.8 Å². The van der Waals surface area contributed by atoms with E-state index in [-0.39, 0.29) is 17.6 Å². The van der Waals surface area contributed by atoms with Crippen LogP contribution in [-0.2, 0) is 5.41 Å². The van der Waals surface area contributed by atoms with Gasteiger partial charge < -0.3 is 15.4 Å². The molecular formula is C21H31N3O2. The van der Waals surface area contributed by atoms with Gasteiger partial charge in [0.25, 0.3) is 0 Å². The average molecular weight is 357 g/mol. The van der Waals surface area contributed by atoms with Crippen molar-refractivity contribution in [3.8, 4) is 5.75 Å². The number of hydrogen-bond donors (Lipinski definition) is 2. The van der Waals surface area contributed by atoms with Gasteiger partial charge in [0.05, 0.1) is 0 Å². The summed E-state index contributed by atoms with van der Waals surface area (Å²) < 4.78 is 6.45. The molecule has 5 atom stereocenters. The average Bonchev–Trinajstić information content (AvgIpc) is 3.40. The van der Waals surface area contributed by atoms with E-state index in [9.17, 15) is 4.91 Å². The summed E-state index contributed by atoms with van der Waals surface area (Å²) in [5, 5.41) is 10.5. The number of hydrogen-bond acceptors (Lipinski definition) is 5. The lowest BCUT2D eigenvalue weighted by Gasteiger charge is -2.49. The van der Waals surface area contributed by atoms with Crippen molar-refractivity contribution in [3.05, 3.63) is 28.2 Å². The molecular weight excluding hydrogens is 326 g/mol. The second-order valence-corrected chi connectivity index (χ2v) is 8.74. The molecule has 0 spiro atoms. The quantitative estimate of drug-likeness (QED) is 0.760. The van der Waals surface area contributed by atoms with E-state index >= 15 is 0 Å². The Labute approximate surface area is 156 Å². The fourth-order valence-electron chi connectivity index (χ4n) is 5.51. The largest absolute Gasteiger partial charge is 0.485 e. The van der Waals surface area contributed by atoms with E-state index in [1.165, 1.54) is 24.0 Å². The molecule has 0 amide bonds. The SMILES string of the molecule is CNC1CCC(C(C)NCC2CC2)C2(C)c3c(C)ccc(N=O)c3OC12. The first-order valence-electron chi connectivity index (χ1n) is 10.1. The number of nitrogens with zero attached hydrogens (tertiary/aromatic N) is 1. The third-order valence-electron chi connectivity index (χ3n) is 7.14. The molecule has 3 aliphatic rings. The topological polar surface area (TPSA) is 62.7 Å². The summed E-state index contributed by atoms with van der Waals surface area (Å²) >= 11 is 0. The van der Waals surface area contributed by atoms with Crippen LogP contribution in [0.2, 0.25) is 0 Å². The molecule has 2 fully saturated rings. The van der Waals surface area contributed by atoms with Crippen LogP contribution in [0.1, 0.15) is 50.7 Å². The maximum atomic E-state index is 11.4. The summed E-state index contributed by atoms with van der Waals surface area (Å²) in [5.41, 5.74) is 2.72. The molecule has 1 aliphatic heterocycles.